The fraction of sp³-hybridized carbons (Fsp3) is 0.100. The van der Waals surface area contributed by atoms with Gasteiger partial charge in [0.05, 0.1) is 29.6 Å². The van der Waals surface area contributed by atoms with E-state index in [1.54, 1.807) is 6.07 Å². The van der Waals surface area contributed by atoms with Crippen molar-refractivity contribution in [2.24, 2.45) is 0 Å². The van der Waals surface area contributed by atoms with Gasteiger partial charge in [-0.2, -0.15) is 18.4 Å². The van der Waals surface area contributed by atoms with Crippen LogP contribution in [0.5, 0.6) is 11.5 Å². The fourth-order valence-corrected chi connectivity index (χ4v) is 2.82. The molecule has 12 heteroatoms. The van der Waals surface area contributed by atoms with E-state index in [-0.39, 0.29) is 29.1 Å². The Bertz CT molecular complexity index is 1240. The van der Waals surface area contributed by atoms with Crippen LogP contribution >= 0.6 is 0 Å². The Morgan fingerprint density at radius 2 is 1.72 bits per heavy atom. The molecular weight excluding hydrogens is 444 g/mol. The van der Waals surface area contributed by atoms with Crippen LogP contribution in [0.4, 0.5) is 32.0 Å². The van der Waals surface area contributed by atoms with Crippen LogP contribution in [0.15, 0.2) is 36.5 Å². The highest BCUT2D eigenvalue weighted by atomic mass is 19.4. The van der Waals surface area contributed by atoms with Crippen LogP contribution in [0.3, 0.4) is 0 Å². The topological polar surface area (TPSA) is 90.3 Å². The van der Waals surface area contributed by atoms with E-state index < -0.39 is 52.4 Å². The Morgan fingerprint density at radius 3 is 2.25 bits per heavy atom. The number of nitrogens with two attached hydrogens (primary N) is 1. The Kier molecular flexibility index (Phi) is 5.76. The van der Waals surface area contributed by atoms with E-state index in [0.717, 1.165) is 36.1 Å². The van der Waals surface area contributed by atoms with E-state index in [0.29, 0.717) is 0 Å². The molecule has 1 aromatic heterocycles. The summed E-state index contributed by atoms with van der Waals surface area (Å²) in [7, 11) is 1.01. The number of anilines is 1. The van der Waals surface area contributed by atoms with Crippen molar-refractivity contribution in [1.82, 2.24) is 4.57 Å². The van der Waals surface area contributed by atoms with Gasteiger partial charge in [0.1, 0.15) is 6.07 Å². The molecule has 0 fully saturated rings. The van der Waals surface area contributed by atoms with Crippen LogP contribution < -0.4 is 10.5 Å². The molecule has 0 aliphatic carbocycles. The number of esters is 1. The molecule has 3 rings (SSSR count). The molecule has 2 N–H and O–H groups in total. The van der Waals surface area contributed by atoms with Crippen LogP contribution in [-0.4, -0.2) is 17.6 Å². The summed E-state index contributed by atoms with van der Waals surface area (Å²) in [5, 5.41) is 9.19. The molecule has 2 aromatic carbocycles. The monoisotopic (exact) mass is 455 g/mol. The van der Waals surface area contributed by atoms with Gasteiger partial charge < -0.3 is 19.8 Å². The molecule has 0 saturated heterocycles. The lowest BCUT2D eigenvalue weighted by molar-refractivity contribution is -0.138. The summed E-state index contributed by atoms with van der Waals surface area (Å²) in [5.41, 5.74) is 2.89. The Labute approximate surface area is 176 Å². The maximum Gasteiger partial charge on any atom is 0.416 e. The van der Waals surface area contributed by atoms with E-state index >= 15 is 0 Å². The predicted molar refractivity (Wildman–Crippen MR) is 97.6 cm³/mol. The van der Waals surface area contributed by atoms with Gasteiger partial charge in [-0.15, -0.1) is 0 Å². The van der Waals surface area contributed by atoms with Gasteiger partial charge in [-0.1, -0.05) is 6.07 Å². The van der Waals surface area contributed by atoms with Gasteiger partial charge in [-0.3, -0.25) is 0 Å². The quantitative estimate of drug-likeness (QED) is 0.444. The molecule has 6 nitrogen and oxygen atoms in total. The zero-order valence-corrected chi connectivity index (χ0v) is 15.9. The summed E-state index contributed by atoms with van der Waals surface area (Å²) in [5.74, 6) is -7.86. The maximum atomic E-state index is 14.6. The zero-order chi connectivity index (χ0) is 23.8. The summed E-state index contributed by atoms with van der Waals surface area (Å²) in [6, 6.07) is 4.84. The third-order valence-corrected chi connectivity index (χ3v) is 4.28. The van der Waals surface area contributed by atoms with E-state index in [1.807, 2.05) is 0 Å². The molecule has 0 aliphatic heterocycles. The van der Waals surface area contributed by atoms with Gasteiger partial charge in [0, 0.05) is 6.20 Å². The van der Waals surface area contributed by atoms with Gasteiger partial charge in [0.25, 0.3) is 0 Å². The van der Waals surface area contributed by atoms with Crippen LogP contribution in [-0.2, 0) is 10.9 Å². The first kappa shape index (κ1) is 22.5. The number of ether oxygens (including phenoxy) is 2. The number of halogens is 6. The number of para-hydroxylation sites is 1. The lowest BCUT2D eigenvalue weighted by Gasteiger charge is -2.16. The molecule has 32 heavy (non-hydrogen) atoms. The van der Waals surface area contributed by atoms with Crippen LogP contribution in [0.1, 0.15) is 21.6 Å². The number of carbonyl (C=O) groups excluding carboxylic acids is 1. The lowest BCUT2D eigenvalue weighted by Crippen LogP contribution is -2.12. The average Bonchev–Trinajstić information content (AvgIpc) is 3.06. The number of benzene rings is 2. The first-order valence-corrected chi connectivity index (χ1v) is 8.51. The van der Waals surface area contributed by atoms with Crippen molar-refractivity contribution >= 4 is 11.7 Å². The van der Waals surface area contributed by atoms with Gasteiger partial charge in [0.15, 0.2) is 34.6 Å². The SMILES string of the molecule is COC(=O)c1c(N)c(C#N)cn1-c1cccc(F)c1Oc1c(F)cc(C(F)(F)F)cc1F. The van der Waals surface area contributed by atoms with Gasteiger partial charge in [-0.05, 0) is 24.3 Å². The van der Waals surface area contributed by atoms with Crippen molar-refractivity contribution < 1.29 is 40.6 Å². The molecule has 0 radical (unpaired) electrons. The third-order valence-electron chi connectivity index (χ3n) is 4.28. The van der Waals surface area contributed by atoms with E-state index in [9.17, 15) is 36.4 Å². The Morgan fingerprint density at radius 1 is 1.09 bits per heavy atom. The fourth-order valence-electron chi connectivity index (χ4n) is 2.82. The molecule has 0 atom stereocenters. The number of nitriles is 1. The number of alkyl halides is 3. The predicted octanol–water partition coefficient (Wildman–Crippen LogP) is 4.95. The molecule has 0 amide bonds. The second-order valence-electron chi connectivity index (χ2n) is 6.24. The highest BCUT2D eigenvalue weighted by Crippen LogP contribution is 2.39. The molecule has 0 bridgehead atoms. The zero-order valence-electron chi connectivity index (χ0n) is 15.9. The number of hydrogen-bond acceptors (Lipinski definition) is 5. The van der Waals surface area contributed by atoms with Crippen molar-refractivity contribution in [2.45, 2.75) is 6.18 Å². The lowest BCUT2D eigenvalue weighted by atomic mass is 10.2. The molecule has 0 spiro atoms. The summed E-state index contributed by atoms with van der Waals surface area (Å²) in [4.78, 5) is 12.2. The number of aromatic nitrogens is 1. The molecule has 166 valence electrons. The van der Waals surface area contributed by atoms with Crippen LogP contribution in [0, 0.1) is 28.8 Å². The summed E-state index contributed by atoms with van der Waals surface area (Å²) in [6.45, 7) is 0. The highest BCUT2D eigenvalue weighted by molar-refractivity contribution is 5.96. The van der Waals surface area contributed by atoms with E-state index in [4.69, 9.17) is 10.5 Å². The number of nitrogen functional groups attached to an aromatic ring is 1. The normalized spacial score (nSPS) is 11.2. The van der Waals surface area contributed by atoms with Gasteiger partial charge >= 0.3 is 12.1 Å². The molecule has 0 saturated carbocycles. The largest absolute Gasteiger partial charge is 0.464 e. The molecule has 3 aromatic rings. The third kappa shape index (κ3) is 3.92. The number of carbonyl (C=O) groups is 1. The first-order chi connectivity index (χ1) is 15.0. The minimum absolute atomic E-state index is 0.0136. The minimum atomic E-state index is -5.03. The summed E-state index contributed by atoms with van der Waals surface area (Å²) < 4.78 is 91.9. The number of methoxy groups -OCH3 is 1. The van der Waals surface area contributed by atoms with Crippen molar-refractivity contribution in [3.63, 3.8) is 0 Å². The van der Waals surface area contributed by atoms with Crippen LogP contribution in [0.2, 0.25) is 0 Å². The molecule has 0 aliphatic rings. The second kappa shape index (κ2) is 8.18. The van der Waals surface area contributed by atoms with Crippen LogP contribution in [0.25, 0.3) is 5.69 Å². The summed E-state index contributed by atoms with van der Waals surface area (Å²) in [6.07, 6.45) is -4.00. The summed E-state index contributed by atoms with van der Waals surface area (Å²) >= 11 is 0. The number of hydrogen-bond donors (Lipinski definition) is 1. The van der Waals surface area contributed by atoms with Gasteiger partial charge in [0.2, 0.25) is 0 Å². The standard InChI is InChI=1S/C20H11F6N3O3/c1-31-19(30)16-15(28)9(7-27)8-29(16)14-4-2-3-11(21)18(14)32-17-12(22)5-10(6-13(17)23)20(24,25)26/h2-6,8H,28H2,1H3. The number of nitrogens with zero attached hydrogens (tertiary/aromatic N) is 2. The van der Waals surface area contributed by atoms with E-state index in [2.05, 4.69) is 4.74 Å². The molecular formula is C20H11F6N3O3. The van der Waals surface area contributed by atoms with E-state index in [1.165, 1.54) is 0 Å². The minimum Gasteiger partial charge on any atom is -0.464 e. The molecule has 1 heterocycles. The average molecular weight is 455 g/mol. The number of rotatable bonds is 4. The second-order valence-corrected chi connectivity index (χ2v) is 6.24. The van der Waals surface area contributed by atoms with Crippen molar-refractivity contribution in [3.05, 3.63) is 70.8 Å². The Balaban J connectivity index is 2.21. The Hall–Kier alpha value is -4.14. The van der Waals surface area contributed by atoms with Crippen molar-refractivity contribution in [2.75, 3.05) is 12.8 Å². The highest BCUT2D eigenvalue weighted by Gasteiger charge is 2.33. The molecule has 0 unspecified atom stereocenters. The van der Waals surface area contributed by atoms with Crippen molar-refractivity contribution in [1.29, 1.82) is 5.26 Å². The van der Waals surface area contributed by atoms with Crippen molar-refractivity contribution in [3.8, 4) is 23.3 Å². The van der Waals surface area contributed by atoms with Gasteiger partial charge in [-0.25, -0.2) is 18.0 Å². The smallest absolute Gasteiger partial charge is 0.416 e. The first-order valence-electron chi connectivity index (χ1n) is 8.51. The maximum absolute atomic E-state index is 14.6.